The SMILES string of the molecule is CCCCCC(C)OC(=O)C(CC(=O)OC(C)CCCC)S(=O)(=O)[O-]. The maximum atomic E-state index is 12.0. The zero-order chi connectivity index (χ0) is 19.5. The largest absolute Gasteiger partial charge is 0.747 e. The van der Waals surface area contributed by atoms with Crippen LogP contribution in [0.4, 0.5) is 0 Å². The third-order valence-corrected chi connectivity index (χ3v) is 4.85. The first-order valence-corrected chi connectivity index (χ1v) is 10.4. The number of unbranched alkanes of at least 4 members (excludes halogenated alkanes) is 3. The molecule has 148 valence electrons. The van der Waals surface area contributed by atoms with Gasteiger partial charge in [0.1, 0.15) is 10.1 Å². The van der Waals surface area contributed by atoms with E-state index in [9.17, 15) is 22.6 Å². The van der Waals surface area contributed by atoms with Crippen molar-refractivity contribution in [3.63, 3.8) is 0 Å². The molecule has 0 spiro atoms. The zero-order valence-corrected chi connectivity index (χ0v) is 16.5. The van der Waals surface area contributed by atoms with Gasteiger partial charge in [-0.2, -0.15) is 0 Å². The molecule has 3 atom stereocenters. The van der Waals surface area contributed by atoms with E-state index in [4.69, 9.17) is 9.47 Å². The summed E-state index contributed by atoms with van der Waals surface area (Å²) in [5, 5.41) is -2.06. The van der Waals surface area contributed by atoms with E-state index in [1.54, 1.807) is 13.8 Å². The van der Waals surface area contributed by atoms with Gasteiger partial charge < -0.3 is 14.0 Å². The normalized spacial score (nSPS) is 15.2. The second-order valence-corrected chi connectivity index (χ2v) is 7.93. The van der Waals surface area contributed by atoms with Crippen LogP contribution in [-0.4, -0.2) is 42.4 Å². The number of carbonyl (C=O) groups is 2. The fraction of sp³-hybridized carbons (Fsp3) is 0.882. The van der Waals surface area contributed by atoms with Crippen LogP contribution < -0.4 is 0 Å². The van der Waals surface area contributed by atoms with E-state index in [-0.39, 0.29) is 0 Å². The maximum absolute atomic E-state index is 12.0. The van der Waals surface area contributed by atoms with Gasteiger partial charge in [0.2, 0.25) is 0 Å². The molecule has 8 heteroatoms. The Balaban J connectivity index is 4.69. The van der Waals surface area contributed by atoms with Crippen molar-refractivity contribution in [1.82, 2.24) is 0 Å². The van der Waals surface area contributed by atoms with Crippen LogP contribution >= 0.6 is 0 Å². The summed E-state index contributed by atoms with van der Waals surface area (Å²) in [4.78, 5) is 23.9. The monoisotopic (exact) mass is 379 g/mol. The summed E-state index contributed by atoms with van der Waals surface area (Å²) in [5.41, 5.74) is 0. The number of rotatable bonds is 13. The van der Waals surface area contributed by atoms with E-state index >= 15 is 0 Å². The van der Waals surface area contributed by atoms with Crippen LogP contribution in [0.3, 0.4) is 0 Å². The van der Waals surface area contributed by atoms with Gasteiger partial charge in [-0.1, -0.05) is 39.5 Å². The van der Waals surface area contributed by atoms with Crippen LogP contribution in [0.1, 0.15) is 79.1 Å². The minimum atomic E-state index is -5.01. The third kappa shape index (κ3) is 11.1. The van der Waals surface area contributed by atoms with Crippen LogP contribution in [-0.2, 0) is 29.2 Å². The summed E-state index contributed by atoms with van der Waals surface area (Å²) in [6.45, 7) is 7.34. The highest BCUT2D eigenvalue weighted by atomic mass is 32.2. The fourth-order valence-corrected chi connectivity index (χ4v) is 2.92. The van der Waals surface area contributed by atoms with Crippen molar-refractivity contribution < 1.29 is 32.0 Å². The molecule has 0 fully saturated rings. The Morgan fingerprint density at radius 3 is 1.96 bits per heavy atom. The van der Waals surface area contributed by atoms with E-state index in [1.165, 1.54) is 0 Å². The Morgan fingerprint density at radius 2 is 1.44 bits per heavy atom. The first-order valence-electron chi connectivity index (χ1n) is 8.96. The molecule has 0 aromatic heterocycles. The third-order valence-electron chi connectivity index (χ3n) is 3.79. The number of ether oxygens (including phenoxy) is 2. The van der Waals surface area contributed by atoms with Gasteiger partial charge in [-0.15, -0.1) is 0 Å². The van der Waals surface area contributed by atoms with E-state index < -0.39 is 45.9 Å². The van der Waals surface area contributed by atoms with Gasteiger partial charge >= 0.3 is 11.9 Å². The van der Waals surface area contributed by atoms with Gasteiger partial charge in [0.05, 0.1) is 18.6 Å². The lowest BCUT2D eigenvalue weighted by Gasteiger charge is -2.22. The molecule has 0 aromatic rings. The van der Waals surface area contributed by atoms with Crippen molar-refractivity contribution in [2.24, 2.45) is 0 Å². The summed E-state index contributed by atoms with van der Waals surface area (Å²) in [6.07, 6.45) is 4.07. The molecule has 0 amide bonds. The van der Waals surface area contributed by atoms with Crippen molar-refractivity contribution in [2.45, 2.75) is 96.5 Å². The number of hydrogen-bond acceptors (Lipinski definition) is 7. The average molecular weight is 379 g/mol. The predicted molar refractivity (Wildman–Crippen MR) is 92.9 cm³/mol. The lowest BCUT2D eigenvalue weighted by Crippen LogP contribution is -2.36. The fourth-order valence-electron chi connectivity index (χ4n) is 2.29. The van der Waals surface area contributed by atoms with Crippen LogP contribution in [0, 0.1) is 0 Å². The molecule has 0 N–H and O–H groups in total. The molecule has 0 saturated carbocycles. The van der Waals surface area contributed by atoms with Crippen LogP contribution in [0.2, 0.25) is 0 Å². The minimum Gasteiger partial charge on any atom is -0.747 e. The molecular weight excluding hydrogens is 348 g/mol. The number of esters is 2. The first-order chi connectivity index (χ1) is 11.6. The van der Waals surface area contributed by atoms with Crippen molar-refractivity contribution in [3.8, 4) is 0 Å². The topological polar surface area (TPSA) is 110 Å². The highest BCUT2D eigenvalue weighted by molar-refractivity contribution is 7.87. The standard InChI is InChI=1S/C17H32O7S/c1-5-7-9-11-14(4)24-17(19)15(25(20,21)22)12-16(18)23-13(3)10-8-6-2/h13-15H,5-12H2,1-4H3,(H,20,21,22)/p-1. The van der Waals surface area contributed by atoms with Gasteiger partial charge in [-0.05, 0) is 33.1 Å². The molecule has 0 saturated heterocycles. The Hall–Kier alpha value is -1.15. The van der Waals surface area contributed by atoms with Gasteiger partial charge in [0.25, 0.3) is 0 Å². The van der Waals surface area contributed by atoms with Crippen molar-refractivity contribution in [2.75, 3.05) is 0 Å². The molecule has 0 bridgehead atoms. The molecule has 0 aliphatic rings. The Bertz CT molecular complexity index is 501. The van der Waals surface area contributed by atoms with Gasteiger partial charge in [0.15, 0.2) is 5.25 Å². The van der Waals surface area contributed by atoms with E-state index in [1.807, 2.05) is 13.8 Å². The highest BCUT2D eigenvalue weighted by Crippen LogP contribution is 2.14. The second kappa shape index (κ2) is 12.2. The lowest BCUT2D eigenvalue weighted by atomic mass is 10.1. The quantitative estimate of drug-likeness (QED) is 0.275. The number of hydrogen-bond donors (Lipinski definition) is 0. The molecule has 25 heavy (non-hydrogen) atoms. The highest BCUT2D eigenvalue weighted by Gasteiger charge is 2.32. The summed E-state index contributed by atoms with van der Waals surface area (Å²) < 4.78 is 44.1. The molecule has 7 nitrogen and oxygen atoms in total. The Labute approximate surface area is 151 Å². The predicted octanol–water partition coefficient (Wildman–Crippen LogP) is 2.92. The molecular formula is C17H31O7S-. The first kappa shape index (κ1) is 23.9. The average Bonchev–Trinajstić information content (AvgIpc) is 2.49. The van der Waals surface area contributed by atoms with Crippen LogP contribution in [0.15, 0.2) is 0 Å². The summed E-state index contributed by atoms with van der Waals surface area (Å²) in [7, 11) is -5.01. The molecule has 0 radical (unpaired) electrons. The van der Waals surface area contributed by atoms with Crippen molar-refractivity contribution in [3.05, 3.63) is 0 Å². The lowest BCUT2D eigenvalue weighted by molar-refractivity contribution is -0.155. The van der Waals surface area contributed by atoms with Gasteiger partial charge in [-0.25, -0.2) is 8.42 Å². The molecule has 0 heterocycles. The molecule has 0 rings (SSSR count). The Morgan fingerprint density at radius 1 is 0.920 bits per heavy atom. The van der Waals surface area contributed by atoms with Crippen LogP contribution in [0.5, 0.6) is 0 Å². The summed E-state index contributed by atoms with van der Waals surface area (Å²) in [6, 6.07) is 0. The van der Waals surface area contributed by atoms with E-state index in [0.29, 0.717) is 12.8 Å². The Kier molecular flexibility index (Phi) is 11.7. The summed E-state index contributed by atoms with van der Waals surface area (Å²) in [5.74, 6) is -2.07. The summed E-state index contributed by atoms with van der Waals surface area (Å²) >= 11 is 0. The van der Waals surface area contributed by atoms with Crippen molar-refractivity contribution >= 4 is 22.1 Å². The number of carbonyl (C=O) groups excluding carboxylic acids is 2. The molecule has 0 aliphatic carbocycles. The zero-order valence-electron chi connectivity index (χ0n) is 15.7. The minimum absolute atomic E-state index is 0.397. The van der Waals surface area contributed by atoms with Gasteiger partial charge in [0, 0.05) is 0 Å². The van der Waals surface area contributed by atoms with Crippen LogP contribution in [0.25, 0.3) is 0 Å². The maximum Gasteiger partial charge on any atom is 0.324 e. The molecule has 0 aliphatic heterocycles. The van der Waals surface area contributed by atoms with Crippen molar-refractivity contribution in [1.29, 1.82) is 0 Å². The van der Waals surface area contributed by atoms with E-state index in [2.05, 4.69) is 0 Å². The molecule has 3 unspecified atom stereocenters. The van der Waals surface area contributed by atoms with Gasteiger partial charge in [-0.3, -0.25) is 9.59 Å². The smallest absolute Gasteiger partial charge is 0.324 e. The van der Waals surface area contributed by atoms with E-state index in [0.717, 1.165) is 32.1 Å². The second-order valence-electron chi connectivity index (χ2n) is 6.37. The molecule has 0 aromatic carbocycles.